The maximum absolute atomic E-state index is 13.1. The van der Waals surface area contributed by atoms with E-state index in [4.69, 9.17) is 9.47 Å². The van der Waals surface area contributed by atoms with Gasteiger partial charge in [-0.2, -0.15) is 18.3 Å². The molecule has 1 aliphatic rings. The molecule has 0 bridgehead atoms. The Morgan fingerprint density at radius 1 is 1.26 bits per heavy atom. The lowest BCUT2D eigenvalue weighted by Gasteiger charge is -2.10. The van der Waals surface area contributed by atoms with Crippen molar-refractivity contribution in [3.05, 3.63) is 56.3 Å². The predicted octanol–water partition coefficient (Wildman–Crippen LogP) is 4.58. The first kappa shape index (κ1) is 21.8. The molecule has 0 radical (unpaired) electrons. The van der Waals surface area contributed by atoms with Crippen molar-refractivity contribution in [3.63, 3.8) is 0 Å². The van der Waals surface area contributed by atoms with Gasteiger partial charge in [0, 0.05) is 20.6 Å². The molecule has 5 nitrogen and oxygen atoms in total. The molecule has 3 aromatic rings. The van der Waals surface area contributed by atoms with Crippen LogP contribution in [0.1, 0.15) is 34.5 Å². The van der Waals surface area contributed by atoms with Crippen molar-refractivity contribution in [2.24, 2.45) is 13.0 Å². The summed E-state index contributed by atoms with van der Waals surface area (Å²) in [5.74, 6) is 0.995. The summed E-state index contributed by atoms with van der Waals surface area (Å²) in [7, 11) is 3.16. The van der Waals surface area contributed by atoms with Gasteiger partial charge in [-0.1, -0.05) is 18.2 Å². The monoisotopic (exact) mass is 452 g/mol. The average molecular weight is 452 g/mol. The Kier molecular flexibility index (Phi) is 6.07. The van der Waals surface area contributed by atoms with Crippen LogP contribution in [0.15, 0.2) is 29.1 Å². The number of benzene rings is 1. The smallest absolute Gasteiger partial charge is 0.416 e. The molecule has 0 amide bonds. The summed E-state index contributed by atoms with van der Waals surface area (Å²) < 4.78 is 52.5. The van der Waals surface area contributed by atoms with Gasteiger partial charge in [-0.3, -0.25) is 4.79 Å². The van der Waals surface area contributed by atoms with Crippen LogP contribution in [0, 0.1) is 5.92 Å². The Balaban J connectivity index is 1.80. The van der Waals surface area contributed by atoms with Gasteiger partial charge in [0.2, 0.25) is 0 Å². The van der Waals surface area contributed by atoms with Gasteiger partial charge in [0.05, 0.1) is 27.4 Å². The highest BCUT2D eigenvalue weighted by atomic mass is 32.1. The maximum atomic E-state index is 13.1. The Bertz CT molecular complexity index is 1150. The highest BCUT2D eigenvalue weighted by Crippen LogP contribution is 2.41. The second kappa shape index (κ2) is 8.63. The molecule has 0 atom stereocenters. The van der Waals surface area contributed by atoms with Crippen molar-refractivity contribution in [3.8, 4) is 5.75 Å². The molecule has 2 heterocycles. The Hall–Kier alpha value is -2.39. The minimum atomic E-state index is -4.41. The molecule has 2 aromatic heterocycles. The third kappa shape index (κ3) is 4.77. The van der Waals surface area contributed by atoms with E-state index in [0.717, 1.165) is 41.8 Å². The molecule has 0 spiro atoms. The molecule has 166 valence electrons. The number of fused-ring (bicyclic) bond motifs is 1. The van der Waals surface area contributed by atoms with E-state index in [9.17, 15) is 18.0 Å². The zero-order valence-electron chi connectivity index (χ0n) is 17.3. The number of hydrogen-bond donors (Lipinski definition) is 0. The highest BCUT2D eigenvalue weighted by molar-refractivity contribution is 7.19. The van der Waals surface area contributed by atoms with Crippen LogP contribution < -0.4 is 10.3 Å². The van der Waals surface area contributed by atoms with Gasteiger partial charge in [0.15, 0.2) is 0 Å². The first-order valence-electron chi connectivity index (χ1n) is 10.1. The van der Waals surface area contributed by atoms with Crippen molar-refractivity contribution in [1.29, 1.82) is 0 Å². The lowest BCUT2D eigenvalue weighted by Crippen LogP contribution is -2.21. The van der Waals surface area contributed by atoms with Gasteiger partial charge in [0.1, 0.15) is 17.7 Å². The van der Waals surface area contributed by atoms with Crippen LogP contribution in [-0.2, 0) is 30.8 Å². The van der Waals surface area contributed by atoms with E-state index in [1.807, 2.05) is 0 Å². The Labute approximate surface area is 181 Å². The van der Waals surface area contributed by atoms with Crippen molar-refractivity contribution in [2.45, 2.75) is 31.9 Å². The third-order valence-electron chi connectivity index (χ3n) is 5.31. The topological polar surface area (TPSA) is 53.4 Å². The van der Waals surface area contributed by atoms with Gasteiger partial charge in [-0.25, -0.2) is 4.68 Å². The van der Waals surface area contributed by atoms with Crippen LogP contribution in [0.25, 0.3) is 10.1 Å². The lowest BCUT2D eigenvalue weighted by molar-refractivity contribution is -0.137. The molecule has 1 aromatic carbocycles. The molecule has 0 aliphatic heterocycles. The zero-order valence-corrected chi connectivity index (χ0v) is 18.1. The average Bonchev–Trinajstić information content (AvgIpc) is 3.46. The van der Waals surface area contributed by atoms with Crippen LogP contribution >= 0.6 is 11.3 Å². The van der Waals surface area contributed by atoms with Crippen LogP contribution in [0.4, 0.5) is 13.2 Å². The minimum absolute atomic E-state index is 0.234. The number of alkyl halides is 3. The normalized spacial score (nSPS) is 14.4. The number of ether oxygens (including phenoxy) is 2. The molecule has 0 saturated heterocycles. The highest BCUT2D eigenvalue weighted by Gasteiger charge is 2.31. The number of aryl methyl sites for hydroxylation is 1. The Morgan fingerprint density at radius 2 is 2.03 bits per heavy atom. The van der Waals surface area contributed by atoms with Crippen LogP contribution in [0.5, 0.6) is 5.75 Å². The fraction of sp³-hybridized carbons (Fsp3) is 0.455. The third-order valence-corrected chi connectivity index (χ3v) is 6.53. The van der Waals surface area contributed by atoms with Crippen molar-refractivity contribution < 1.29 is 22.6 Å². The van der Waals surface area contributed by atoms with Crippen molar-refractivity contribution in [2.75, 3.05) is 20.3 Å². The largest absolute Gasteiger partial charge is 0.489 e. The molecule has 4 rings (SSSR count). The van der Waals surface area contributed by atoms with Gasteiger partial charge >= 0.3 is 6.18 Å². The van der Waals surface area contributed by atoms with E-state index in [1.54, 1.807) is 20.2 Å². The van der Waals surface area contributed by atoms with E-state index < -0.39 is 11.7 Å². The first-order chi connectivity index (χ1) is 14.8. The number of aromatic nitrogens is 2. The number of thiophene rings is 1. The summed E-state index contributed by atoms with van der Waals surface area (Å²) in [6, 6.07) is 5.25. The van der Waals surface area contributed by atoms with Crippen LogP contribution in [0.2, 0.25) is 0 Å². The van der Waals surface area contributed by atoms with Crippen molar-refractivity contribution in [1.82, 2.24) is 9.78 Å². The fourth-order valence-electron chi connectivity index (χ4n) is 3.56. The predicted molar refractivity (Wildman–Crippen MR) is 113 cm³/mol. The summed E-state index contributed by atoms with van der Waals surface area (Å²) in [4.78, 5) is 13.6. The Morgan fingerprint density at radius 3 is 2.71 bits per heavy atom. The molecular formula is C22H23F3N2O3S. The minimum Gasteiger partial charge on any atom is -0.489 e. The number of rotatable bonds is 8. The summed E-state index contributed by atoms with van der Waals surface area (Å²) in [5, 5.41) is 4.93. The number of halogens is 3. The van der Waals surface area contributed by atoms with Crippen LogP contribution in [-0.4, -0.2) is 30.1 Å². The molecule has 0 unspecified atom stereocenters. The van der Waals surface area contributed by atoms with Gasteiger partial charge < -0.3 is 9.47 Å². The number of methoxy groups -OCH3 is 1. The van der Waals surface area contributed by atoms with Crippen molar-refractivity contribution >= 4 is 21.4 Å². The SMILES string of the molecule is COCCOc1c(Cc2cccc(C(F)(F)F)c2)sc2c(CC3CC3)nn(C)c(=O)c12. The summed E-state index contributed by atoms with van der Waals surface area (Å²) in [6.45, 7) is 0.571. The molecule has 31 heavy (non-hydrogen) atoms. The number of nitrogens with zero attached hydrogens (tertiary/aromatic N) is 2. The standard InChI is InChI=1S/C22H23F3N2O3S/c1-27-21(28)18-19(30-9-8-29-2)17(31-20(18)16(26-27)11-13-6-7-13)12-14-4-3-5-15(10-14)22(23,24)25/h3-5,10,13H,6-9,11-12H2,1-2H3. The van der Waals surface area contributed by atoms with E-state index in [-0.39, 0.29) is 18.6 Å². The maximum Gasteiger partial charge on any atom is 0.416 e. The van der Waals surface area contributed by atoms with E-state index in [0.29, 0.717) is 34.1 Å². The van der Waals surface area contributed by atoms with E-state index in [1.165, 1.54) is 22.1 Å². The molecule has 1 aliphatic carbocycles. The fourth-order valence-corrected chi connectivity index (χ4v) is 4.83. The lowest BCUT2D eigenvalue weighted by atomic mass is 10.1. The van der Waals surface area contributed by atoms with E-state index >= 15 is 0 Å². The molecule has 1 fully saturated rings. The molecule has 1 saturated carbocycles. The van der Waals surface area contributed by atoms with E-state index in [2.05, 4.69) is 5.10 Å². The second-order valence-electron chi connectivity index (χ2n) is 7.80. The zero-order chi connectivity index (χ0) is 22.2. The van der Waals surface area contributed by atoms with Gasteiger partial charge in [0.25, 0.3) is 5.56 Å². The molecular weight excluding hydrogens is 429 g/mol. The summed E-state index contributed by atoms with van der Waals surface area (Å²) in [5.41, 5.74) is 0.386. The summed E-state index contributed by atoms with van der Waals surface area (Å²) in [6.07, 6.45) is -1.11. The molecule has 0 N–H and O–H groups in total. The molecule has 9 heteroatoms. The quantitative estimate of drug-likeness (QED) is 0.470. The van der Waals surface area contributed by atoms with Gasteiger partial charge in [-0.15, -0.1) is 11.3 Å². The van der Waals surface area contributed by atoms with Crippen LogP contribution in [0.3, 0.4) is 0 Å². The number of hydrogen-bond acceptors (Lipinski definition) is 5. The summed E-state index contributed by atoms with van der Waals surface area (Å²) >= 11 is 1.39. The second-order valence-corrected chi connectivity index (χ2v) is 8.90. The first-order valence-corrected chi connectivity index (χ1v) is 10.9. The van der Waals surface area contributed by atoms with Gasteiger partial charge in [-0.05, 0) is 36.8 Å².